The number of nitrogens with zero attached hydrogens (tertiary/aromatic N) is 1. The minimum Gasteiger partial charge on any atom is -0.497 e. The highest BCUT2D eigenvalue weighted by atomic mass is 79.9. The Kier molecular flexibility index (Phi) is 5.00. The molecule has 2 aromatic rings. The summed E-state index contributed by atoms with van der Waals surface area (Å²) in [6, 6.07) is 13.8. The molecule has 0 fully saturated rings. The van der Waals surface area contributed by atoms with Crippen molar-refractivity contribution in [1.82, 2.24) is 0 Å². The predicted octanol–water partition coefficient (Wildman–Crippen LogP) is 4.60. The van der Waals surface area contributed by atoms with Gasteiger partial charge in [-0.1, -0.05) is 29.8 Å². The second-order valence-electron chi connectivity index (χ2n) is 4.33. The topological polar surface area (TPSA) is 50.1 Å². The van der Waals surface area contributed by atoms with Crippen LogP contribution in [0.3, 0.4) is 0 Å². The summed E-state index contributed by atoms with van der Waals surface area (Å²) in [5, 5.41) is 9.75. The zero-order chi connectivity index (χ0) is 15.4. The average molecular weight is 365 g/mol. The molecule has 0 aliphatic carbocycles. The number of halogens is 2. The summed E-state index contributed by atoms with van der Waals surface area (Å²) in [5.41, 5.74) is 1.04. The number of ketones is 1. The molecule has 0 saturated carbocycles. The summed E-state index contributed by atoms with van der Waals surface area (Å²) < 4.78 is 5.77. The second kappa shape index (κ2) is 6.75. The van der Waals surface area contributed by atoms with Crippen molar-refractivity contribution in [3.63, 3.8) is 0 Å². The maximum Gasteiger partial charge on any atom is 0.184 e. The normalized spacial score (nSPS) is 11.5. The number of carbonyl (C=O) groups is 1. The molecule has 2 rings (SSSR count). The molecule has 106 valence electrons. The van der Waals surface area contributed by atoms with E-state index < -0.39 is 5.92 Å². The highest BCUT2D eigenvalue weighted by Crippen LogP contribution is 2.27. The van der Waals surface area contributed by atoms with Gasteiger partial charge in [0.2, 0.25) is 0 Å². The first kappa shape index (κ1) is 15.6. The van der Waals surface area contributed by atoms with Crippen molar-refractivity contribution in [3.8, 4) is 11.8 Å². The van der Waals surface area contributed by atoms with Gasteiger partial charge in [-0.2, -0.15) is 5.26 Å². The molecule has 0 saturated heterocycles. The fourth-order valence-corrected chi connectivity index (χ4v) is 2.32. The van der Waals surface area contributed by atoms with Gasteiger partial charge in [-0.3, -0.25) is 4.79 Å². The summed E-state index contributed by atoms with van der Waals surface area (Å²) in [4.78, 5) is 12.5. The van der Waals surface area contributed by atoms with Crippen molar-refractivity contribution in [1.29, 1.82) is 5.26 Å². The molecule has 3 nitrogen and oxygen atoms in total. The average Bonchev–Trinajstić information content (AvgIpc) is 2.51. The van der Waals surface area contributed by atoms with Gasteiger partial charge in [0, 0.05) is 10.0 Å². The lowest BCUT2D eigenvalue weighted by molar-refractivity contribution is 0.0979. The molecular weight excluding hydrogens is 354 g/mol. The van der Waals surface area contributed by atoms with E-state index in [1.807, 2.05) is 6.07 Å². The molecule has 0 spiro atoms. The van der Waals surface area contributed by atoms with E-state index in [9.17, 15) is 10.1 Å². The lowest BCUT2D eigenvalue weighted by Gasteiger charge is -2.10. The van der Waals surface area contributed by atoms with Gasteiger partial charge in [0.05, 0.1) is 18.2 Å². The second-order valence-corrected chi connectivity index (χ2v) is 5.59. The number of rotatable bonds is 4. The van der Waals surface area contributed by atoms with Crippen LogP contribution in [0.5, 0.6) is 5.75 Å². The van der Waals surface area contributed by atoms with Crippen LogP contribution in [0.1, 0.15) is 21.8 Å². The molecule has 1 atom stereocenters. The molecule has 1 unspecified atom stereocenters. The highest BCUT2D eigenvalue weighted by molar-refractivity contribution is 9.10. The fraction of sp³-hybridized carbons (Fsp3) is 0.125. The minimum absolute atomic E-state index is 0.280. The van der Waals surface area contributed by atoms with E-state index in [0.29, 0.717) is 26.4 Å². The van der Waals surface area contributed by atoms with Gasteiger partial charge in [0.15, 0.2) is 5.78 Å². The molecule has 0 aliphatic rings. The first-order valence-corrected chi connectivity index (χ1v) is 7.26. The monoisotopic (exact) mass is 363 g/mol. The van der Waals surface area contributed by atoms with Crippen LogP contribution in [0.15, 0.2) is 46.9 Å². The number of nitriles is 1. The van der Waals surface area contributed by atoms with E-state index in [-0.39, 0.29) is 5.78 Å². The summed E-state index contributed by atoms with van der Waals surface area (Å²) in [6.07, 6.45) is 0. The van der Waals surface area contributed by atoms with Crippen LogP contribution < -0.4 is 4.74 Å². The summed E-state index contributed by atoms with van der Waals surface area (Å²) >= 11 is 9.26. The van der Waals surface area contributed by atoms with Crippen LogP contribution in [0, 0.1) is 11.3 Å². The van der Waals surface area contributed by atoms with Crippen molar-refractivity contribution in [2.45, 2.75) is 5.92 Å². The Morgan fingerprint density at radius 3 is 2.48 bits per heavy atom. The summed E-state index contributed by atoms with van der Waals surface area (Å²) in [7, 11) is 1.56. The van der Waals surface area contributed by atoms with Gasteiger partial charge in [-0.25, -0.2) is 0 Å². The number of Topliss-reactive ketones (excluding diaryl/α,β-unsaturated/α-hetero) is 1. The third kappa shape index (κ3) is 3.44. The number of carbonyl (C=O) groups excluding carboxylic acids is 1. The van der Waals surface area contributed by atoms with E-state index in [1.165, 1.54) is 0 Å². The molecule has 0 radical (unpaired) electrons. The van der Waals surface area contributed by atoms with Gasteiger partial charge in [-0.15, -0.1) is 0 Å². The smallest absolute Gasteiger partial charge is 0.184 e. The van der Waals surface area contributed by atoms with Crippen LogP contribution in [-0.2, 0) is 0 Å². The molecule has 0 aromatic heterocycles. The zero-order valence-corrected chi connectivity index (χ0v) is 13.5. The number of methoxy groups -OCH3 is 1. The van der Waals surface area contributed by atoms with Crippen LogP contribution in [-0.4, -0.2) is 12.9 Å². The quantitative estimate of drug-likeness (QED) is 0.745. The van der Waals surface area contributed by atoms with Crippen LogP contribution in [0.25, 0.3) is 0 Å². The van der Waals surface area contributed by atoms with Crippen molar-refractivity contribution in [2.75, 3.05) is 7.11 Å². The maximum absolute atomic E-state index is 12.5. The van der Waals surface area contributed by atoms with Gasteiger partial charge in [-0.05, 0) is 45.8 Å². The van der Waals surface area contributed by atoms with Crippen LogP contribution in [0.4, 0.5) is 0 Å². The molecule has 0 N–H and O–H groups in total. The van der Waals surface area contributed by atoms with Gasteiger partial charge in [0.25, 0.3) is 0 Å². The Labute approximate surface area is 136 Å². The Morgan fingerprint density at radius 2 is 1.95 bits per heavy atom. The Hall–Kier alpha value is -1.83. The lowest BCUT2D eigenvalue weighted by Crippen LogP contribution is -2.11. The number of benzene rings is 2. The SMILES string of the molecule is COc1ccc(C(C#N)C(=O)c2ccc(Br)c(Cl)c2)cc1. The molecule has 0 heterocycles. The van der Waals surface area contributed by atoms with Crippen molar-refractivity contribution in [3.05, 3.63) is 63.1 Å². The van der Waals surface area contributed by atoms with E-state index in [2.05, 4.69) is 15.9 Å². The minimum atomic E-state index is -0.867. The molecule has 0 aliphatic heterocycles. The fourth-order valence-electron chi connectivity index (χ4n) is 1.90. The number of hydrogen-bond donors (Lipinski definition) is 0. The van der Waals surface area contributed by atoms with Crippen molar-refractivity contribution >= 4 is 33.3 Å². The third-order valence-electron chi connectivity index (χ3n) is 3.04. The van der Waals surface area contributed by atoms with Crippen LogP contribution >= 0.6 is 27.5 Å². The molecule has 0 bridgehead atoms. The van der Waals surface area contributed by atoms with Gasteiger partial charge in [0.1, 0.15) is 11.7 Å². The van der Waals surface area contributed by atoms with E-state index in [1.54, 1.807) is 49.6 Å². The van der Waals surface area contributed by atoms with E-state index in [4.69, 9.17) is 16.3 Å². The molecule has 21 heavy (non-hydrogen) atoms. The molecule has 5 heteroatoms. The lowest BCUT2D eigenvalue weighted by atomic mass is 9.92. The predicted molar refractivity (Wildman–Crippen MR) is 84.8 cm³/mol. The Bertz CT molecular complexity index is 707. The highest BCUT2D eigenvalue weighted by Gasteiger charge is 2.22. The Balaban J connectivity index is 2.33. The standard InChI is InChI=1S/C16H11BrClNO2/c1-21-12-5-2-10(3-6-12)13(9-19)16(20)11-4-7-14(17)15(18)8-11/h2-8,13H,1H3. The molecular formula is C16H11BrClNO2. The van der Waals surface area contributed by atoms with Crippen LogP contribution in [0.2, 0.25) is 5.02 Å². The molecule has 2 aromatic carbocycles. The Morgan fingerprint density at radius 1 is 1.29 bits per heavy atom. The van der Waals surface area contributed by atoms with E-state index in [0.717, 1.165) is 0 Å². The summed E-state index contributed by atoms with van der Waals surface area (Å²) in [5.74, 6) is -0.472. The van der Waals surface area contributed by atoms with Gasteiger partial charge >= 0.3 is 0 Å². The molecule has 0 amide bonds. The summed E-state index contributed by atoms with van der Waals surface area (Å²) in [6.45, 7) is 0. The first-order valence-electron chi connectivity index (χ1n) is 6.09. The first-order chi connectivity index (χ1) is 10.1. The van der Waals surface area contributed by atoms with Crippen molar-refractivity contribution < 1.29 is 9.53 Å². The number of hydrogen-bond acceptors (Lipinski definition) is 3. The maximum atomic E-state index is 12.5. The van der Waals surface area contributed by atoms with Gasteiger partial charge < -0.3 is 4.74 Å². The largest absolute Gasteiger partial charge is 0.497 e. The number of ether oxygens (including phenoxy) is 1. The van der Waals surface area contributed by atoms with Crippen molar-refractivity contribution in [2.24, 2.45) is 0 Å². The zero-order valence-electron chi connectivity index (χ0n) is 11.1. The third-order valence-corrected chi connectivity index (χ3v) is 4.28. The van der Waals surface area contributed by atoms with E-state index >= 15 is 0 Å².